The molecule has 1 atom stereocenters. The fourth-order valence-corrected chi connectivity index (χ4v) is 3.07. The Balaban J connectivity index is 1.72. The third-order valence-corrected chi connectivity index (χ3v) is 4.19. The Morgan fingerprint density at radius 1 is 1.13 bits per heavy atom. The molecule has 3 rings (SSSR count). The molecule has 0 aliphatic carbocycles. The van der Waals surface area contributed by atoms with E-state index in [0.717, 1.165) is 30.0 Å². The van der Waals surface area contributed by atoms with Crippen molar-refractivity contribution in [3.63, 3.8) is 0 Å². The van der Waals surface area contributed by atoms with Gasteiger partial charge in [0, 0.05) is 24.7 Å². The summed E-state index contributed by atoms with van der Waals surface area (Å²) in [4.78, 5) is 37.4. The lowest BCUT2D eigenvalue weighted by Gasteiger charge is -2.25. The number of H-pyrrole nitrogens is 1. The lowest BCUT2D eigenvalue weighted by molar-refractivity contribution is -0.132. The van der Waals surface area contributed by atoms with Crippen LogP contribution in [-0.2, 0) is 17.8 Å². The van der Waals surface area contributed by atoms with Crippen molar-refractivity contribution in [3.8, 4) is 0 Å². The second-order valence-electron chi connectivity index (χ2n) is 5.81. The molecule has 1 amide bonds. The van der Waals surface area contributed by atoms with Gasteiger partial charge in [0.15, 0.2) is 0 Å². The monoisotopic (exact) mass is 313 g/mol. The van der Waals surface area contributed by atoms with E-state index in [1.54, 1.807) is 0 Å². The van der Waals surface area contributed by atoms with E-state index in [-0.39, 0.29) is 29.6 Å². The maximum atomic E-state index is 12.5. The highest BCUT2D eigenvalue weighted by molar-refractivity contribution is 5.76. The number of hydrogen-bond donors (Lipinski definition) is 1. The number of nitrogens with one attached hydrogen (secondary N) is 1. The lowest BCUT2D eigenvalue weighted by Crippen LogP contribution is -2.41. The Labute approximate surface area is 133 Å². The molecule has 1 aromatic heterocycles. The quantitative estimate of drug-likeness (QED) is 0.906. The summed E-state index contributed by atoms with van der Waals surface area (Å²) < 4.78 is 1.07. The molecule has 23 heavy (non-hydrogen) atoms. The zero-order chi connectivity index (χ0) is 16.2. The van der Waals surface area contributed by atoms with Crippen molar-refractivity contribution in [3.05, 3.63) is 68.7 Å². The van der Waals surface area contributed by atoms with Crippen LogP contribution < -0.4 is 11.1 Å². The molecule has 0 unspecified atom stereocenters. The lowest BCUT2D eigenvalue weighted by atomic mass is 10.0. The van der Waals surface area contributed by atoms with Crippen LogP contribution in [0.1, 0.15) is 18.4 Å². The van der Waals surface area contributed by atoms with E-state index in [1.807, 2.05) is 23.1 Å². The van der Waals surface area contributed by atoms with Crippen LogP contribution in [0, 0.1) is 0 Å². The maximum Gasteiger partial charge on any atom is 0.265 e. The van der Waals surface area contributed by atoms with Gasteiger partial charge in [-0.3, -0.25) is 19.5 Å². The summed E-state index contributed by atoms with van der Waals surface area (Å²) in [7, 11) is 0. The molecule has 1 aromatic carbocycles. The van der Waals surface area contributed by atoms with Gasteiger partial charge in [-0.1, -0.05) is 30.3 Å². The number of nitrogens with zero attached hydrogens (tertiary/aromatic N) is 2. The highest BCUT2D eigenvalue weighted by Gasteiger charge is 2.28. The first-order valence-electron chi connectivity index (χ1n) is 7.77. The van der Waals surface area contributed by atoms with E-state index in [4.69, 9.17) is 0 Å². The van der Waals surface area contributed by atoms with Gasteiger partial charge in [0.05, 0.1) is 0 Å². The zero-order valence-corrected chi connectivity index (χ0v) is 12.8. The van der Waals surface area contributed by atoms with Gasteiger partial charge < -0.3 is 4.90 Å². The standard InChI is InChI=1S/C17H19N3O3/c21-15-8-9-16(22)20(18-15)12-17(23)19-10-4-7-14(19)11-13-5-2-1-3-6-13/h1-3,5-6,8-9,14H,4,7,10-12H2,(H,18,21)/t14-/m0/s1. The Hall–Kier alpha value is -2.63. The molecule has 0 radical (unpaired) electrons. The number of carbonyl (C=O) groups excluding carboxylic acids is 1. The van der Waals surface area contributed by atoms with Crippen LogP contribution in [0.25, 0.3) is 0 Å². The second kappa shape index (κ2) is 6.64. The topological polar surface area (TPSA) is 75.2 Å². The first-order chi connectivity index (χ1) is 11.1. The van der Waals surface area contributed by atoms with Crippen LogP contribution in [0.15, 0.2) is 52.1 Å². The molecule has 1 aliphatic rings. The molecule has 0 saturated carbocycles. The third kappa shape index (κ3) is 3.59. The van der Waals surface area contributed by atoms with E-state index >= 15 is 0 Å². The Bertz CT molecular complexity index is 794. The predicted molar refractivity (Wildman–Crippen MR) is 86.2 cm³/mol. The van der Waals surface area contributed by atoms with Crippen LogP contribution in [-0.4, -0.2) is 33.2 Å². The number of hydrogen-bond acceptors (Lipinski definition) is 3. The molecule has 0 bridgehead atoms. The van der Waals surface area contributed by atoms with Crippen molar-refractivity contribution < 1.29 is 4.79 Å². The van der Waals surface area contributed by atoms with Crippen LogP contribution in [0.4, 0.5) is 0 Å². The minimum atomic E-state index is -0.389. The predicted octanol–water partition coefficient (Wildman–Crippen LogP) is 0.770. The number of carbonyl (C=O) groups is 1. The van der Waals surface area contributed by atoms with Gasteiger partial charge in [0.2, 0.25) is 5.91 Å². The molecular formula is C17H19N3O3. The van der Waals surface area contributed by atoms with Crippen molar-refractivity contribution in [1.29, 1.82) is 0 Å². The van der Waals surface area contributed by atoms with Crippen LogP contribution in [0.5, 0.6) is 0 Å². The van der Waals surface area contributed by atoms with Gasteiger partial charge in [-0.15, -0.1) is 0 Å². The summed E-state index contributed by atoms with van der Waals surface area (Å²) in [5.74, 6) is -0.132. The van der Waals surface area contributed by atoms with Crippen molar-refractivity contribution in [2.24, 2.45) is 0 Å². The first kappa shape index (κ1) is 15.3. The SMILES string of the molecule is O=C(Cn1[nH]c(=O)ccc1=O)N1CCC[C@H]1Cc1ccccc1. The van der Waals surface area contributed by atoms with Gasteiger partial charge in [-0.25, -0.2) is 4.68 Å². The molecular weight excluding hydrogens is 294 g/mol. The highest BCUT2D eigenvalue weighted by Crippen LogP contribution is 2.21. The number of amides is 1. The smallest absolute Gasteiger partial charge is 0.265 e. The van der Waals surface area contributed by atoms with Gasteiger partial charge in [0.25, 0.3) is 11.1 Å². The molecule has 6 heteroatoms. The minimum Gasteiger partial charge on any atom is -0.338 e. The summed E-state index contributed by atoms with van der Waals surface area (Å²) in [5.41, 5.74) is 0.430. The summed E-state index contributed by atoms with van der Waals surface area (Å²) in [6.45, 7) is 0.572. The maximum absolute atomic E-state index is 12.5. The van der Waals surface area contributed by atoms with E-state index in [0.29, 0.717) is 6.54 Å². The van der Waals surface area contributed by atoms with Gasteiger partial charge in [-0.2, -0.15) is 0 Å². The third-order valence-electron chi connectivity index (χ3n) is 4.19. The molecule has 6 nitrogen and oxygen atoms in total. The van der Waals surface area contributed by atoms with Crippen molar-refractivity contribution in [1.82, 2.24) is 14.7 Å². The van der Waals surface area contributed by atoms with Gasteiger partial charge >= 0.3 is 0 Å². The van der Waals surface area contributed by atoms with Gasteiger partial charge in [0.1, 0.15) is 6.54 Å². The number of likely N-dealkylation sites (tertiary alicyclic amines) is 1. The summed E-state index contributed by atoms with van der Waals surface area (Å²) >= 11 is 0. The molecule has 1 saturated heterocycles. The van der Waals surface area contributed by atoms with Crippen molar-refractivity contribution in [2.45, 2.75) is 31.8 Å². The normalized spacial score (nSPS) is 17.4. The summed E-state index contributed by atoms with van der Waals surface area (Å²) in [5, 5.41) is 2.40. The molecule has 0 spiro atoms. The average Bonchev–Trinajstić information content (AvgIpc) is 3.00. The summed E-state index contributed by atoms with van der Waals surface area (Å²) in [6.07, 6.45) is 2.73. The number of aromatic nitrogens is 2. The van der Waals surface area contributed by atoms with E-state index < -0.39 is 0 Å². The van der Waals surface area contributed by atoms with E-state index in [9.17, 15) is 14.4 Å². The van der Waals surface area contributed by atoms with Crippen LogP contribution in [0.2, 0.25) is 0 Å². The van der Waals surface area contributed by atoms with Crippen molar-refractivity contribution in [2.75, 3.05) is 6.54 Å². The summed E-state index contributed by atoms with van der Waals surface area (Å²) in [6, 6.07) is 12.6. The number of benzene rings is 1. The molecule has 1 aliphatic heterocycles. The highest BCUT2D eigenvalue weighted by atomic mass is 16.2. The largest absolute Gasteiger partial charge is 0.338 e. The fourth-order valence-electron chi connectivity index (χ4n) is 3.07. The van der Waals surface area contributed by atoms with Crippen molar-refractivity contribution >= 4 is 5.91 Å². The van der Waals surface area contributed by atoms with Gasteiger partial charge in [-0.05, 0) is 24.8 Å². The average molecular weight is 313 g/mol. The molecule has 1 fully saturated rings. The molecule has 2 heterocycles. The van der Waals surface area contributed by atoms with E-state index in [2.05, 4.69) is 17.2 Å². The van der Waals surface area contributed by atoms with Crippen LogP contribution >= 0.6 is 0 Å². The second-order valence-corrected chi connectivity index (χ2v) is 5.81. The molecule has 120 valence electrons. The molecule has 2 aromatic rings. The van der Waals surface area contributed by atoms with E-state index in [1.165, 1.54) is 11.6 Å². The Morgan fingerprint density at radius 2 is 1.91 bits per heavy atom. The minimum absolute atomic E-state index is 0.125. The molecule has 1 N–H and O–H groups in total. The fraction of sp³-hybridized carbons (Fsp3) is 0.353. The zero-order valence-electron chi connectivity index (χ0n) is 12.8. The Kier molecular flexibility index (Phi) is 4.41. The number of aromatic amines is 1. The van der Waals surface area contributed by atoms with Crippen LogP contribution in [0.3, 0.4) is 0 Å². The Morgan fingerprint density at radius 3 is 2.70 bits per heavy atom. The number of rotatable bonds is 4. The first-order valence-corrected chi connectivity index (χ1v) is 7.77.